The summed E-state index contributed by atoms with van der Waals surface area (Å²) in [5.41, 5.74) is 6.25. The van der Waals surface area contributed by atoms with Gasteiger partial charge in [-0.05, 0) is 24.0 Å². The molecule has 18 heavy (non-hydrogen) atoms. The summed E-state index contributed by atoms with van der Waals surface area (Å²) in [5, 5.41) is 3.15. The van der Waals surface area contributed by atoms with Crippen LogP contribution >= 0.6 is 0 Å². The van der Waals surface area contributed by atoms with Gasteiger partial charge in [0, 0.05) is 0 Å². The fourth-order valence-corrected chi connectivity index (χ4v) is 1.79. The van der Waals surface area contributed by atoms with Gasteiger partial charge in [-0.2, -0.15) is 0 Å². The van der Waals surface area contributed by atoms with Crippen LogP contribution in [0.5, 0.6) is 5.75 Å². The van der Waals surface area contributed by atoms with E-state index in [0.29, 0.717) is 12.2 Å². The Labute approximate surface area is 109 Å². The molecule has 1 unspecified atom stereocenters. The number of amides is 1. The van der Waals surface area contributed by atoms with Crippen molar-refractivity contribution in [1.82, 2.24) is 0 Å². The minimum atomic E-state index is -0.402. The lowest BCUT2D eigenvalue weighted by molar-refractivity contribution is -0.119. The van der Waals surface area contributed by atoms with E-state index in [0.717, 1.165) is 5.69 Å². The van der Waals surface area contributed by atoms with Crippen molar-refractivity contribution in [3.8, 4) is 5.75 Å². The van der Waals surface area contributed by atoms with Crippen LogP contribution in [0.3, 0.4) is 0 Å². The van der Waals surface area contributed by atoms with Gasteiger partial charge < -0.3 is 15.8 Å². The average molecular weight is 250 g/mol. The van der Waals surface area contributed by atoms with Crippen LogP contribution in [0.15, 0.2) is 24.3 Å². The van der Waals surface area contributed by atoms with Crippen LogP contribution in [-0.2, 0) is 4.79 Å². The Morgan fingerprint density at radius 3 is 2.50 bits per heavy atom. The minimum Gasteiger partial charge on any atom is -0.495 e. The maximum absolute atomic E-state index is 11.5. The Morgan fingerprint density at radius 2 is 2.00 bits per heavy atom. The first-order valence-electron chi connectivity index (χ1n) is 6.02. The van der Waals surface area contributed by atoms with Crippen molar-refractivity contribution >= 4 is 11.6 Å². The summed E-state index contributed by atoms with van der Waals surface area (Å²) < 4.78 is 5.24. The van der Waals surface area contributed by atoms with Crippen molar-refractivity contribution < 1.29 is 9.53 Å². The van der Waals surface area contributed by atoms with E-state index >= 15 is 0 Å². The van der Waals surface area contributed by atoms with Crippen molar-refractivity contribution in [3.63, 3.8) is 0 Å². The quantitative estimate of drug-likeness (QED) is 0.843. The van der Waals surface area contributed by atoms with Gasteiger partial charge in [0.15, 0.2) is 0 Å². The van der Waals surface area contributed by atoms with Crippen LogP contribution in [0.4, 0.5) is 5.69 Å². The molecule has 100 valence electrons. The molecule has 4 nitrogen and oxygen atoms in total. The molecule has 0 fully saturated rings. The van der Waals surface area contributed by atoms with Crippen molar-refractivity contribution in [2.75, 3.05) is 12.4 Å². The molecule has 1 aromatic rings. The molecule has 3 N–H and O–H groups in total. The number of nitrogens with one attached hydrogen (secondary N) is 1. The fourth-order valence-electron chi connectivity index (χ4n) is 1.79. The topological polar surface area (TPSA) is 64.3 Å². The van der Waals surface area contributed by atoms with Gasteiger partial charge in [0.1, 0.15) is 11.8 Å². The second kappa shape index (κ2) is 5.76. The van der Waals surface area contributed by atoms with Crippen LogP contribution < -0.4 is 15.8 Å². The zero-order chi connectivity index (χ0) is 13.8. The number of methoxy groups -OCH3 is 1. The highest BCUT2D eigenvalue weighted by atomic mass is 16.5. The number of benzene rings is 1. The van der Waals surface area contributed by atoms with Crippen LogP contribution in [0.25, 0.3) is 0 Å². The van der Waals surface area contributed by atoms with Gasteiger partial charge in [0.05, 0.1) is 12.8 Å². The number of rotatable bonds is 5. The summed E-state index contributed by atoms with van der Waals surface area (Å²) in [6.45, 7) is 6.23. The summed E-state index contributed by atoms with van der Waals surface area (Å²) in [7, 11) is 1.60. The Morgan fingerprint density at radius 1 is 1.39 bits per heavy atom. The van der Waals surface area contributed by atoms with E-state index in [9.17, 15) is 4.79 Å². The molecule has 0 aliphatic rings. The Bertz CT molecular complexity index is 411. The van der Waals surface area contributed by atoms with Crippen molar-refractivity contribution in [3.05, 3.63) is 24.3 Å². The molecule has 1 amide bonds. The molecule has 1 rings (SSSR count). The molecule has 1 aromatic carbocycles. The van der Waals surface area contributed by atoms with Crippen molar-refractivity contribution in [1.29, 1.82) is 0 Å². The van der Waals surface area contributed by atoms with E-state index < -0.39 is 6.04 Å². The standard InChI is InChI=1S/C14H22N2O2/c1-14(2,3)9-11(13(15)17)16-10-7-5-6-8-12(10)18-4/h5-8,11,16H,9H2,1-4H3,(H2,15,17). The van der Waals surface area contributed by atoms with Gasteiger partial charge in [-0.15, -0.1) is 0 Å². The van der Waals surface area contributed by atoms with Crippen LogP contribution in [0.1, 0.15) is 27.2 Å². The first kappa shape index (κ1) is 14.4. The third-order valence-corrected chi connectivity index (χ3v) is 2.60. The van der Waals surface area contributed by atoms with E-state index in [2.05, 4.69) is 26.1 Å². The van der Waals surface area contributed by atoms with E-state index in [-0.39, 0.29) is 11.3 Å². The largest absolute Gasteiger partial charge is 0.495 e. The van der Waals surface area contributed by atoms with Gasteiger partial charge >= 0.3 is 0 Å². The van der Waals surface area contributed by atoms with Crippen molar-refractivity contribution in [2.45, 2.75) is 33.2 Å². The van der Waals surface area contributed by atoms with E-state index in [4.69, 9.17) is 10.5 Å². The molecule has 4 heteroatoms. The number of nitrogens with two attached hydrogens (primary N) is 1. The smallest absolute Gasteiger partial charge is 0.239 e. The molecule has 0 spiro atoms. The number of primary amides is 1. The highest BCUT2D eigenvalue weighted by molar-refractivity contribution is 5.83. The summed E-state index contributed by atoms with van der Waals surface area (Å²) in [5.74, 6) is 0.355. The second-order valence-electron chi connectivity index (χ2n) is 5.56. The summed E-state index contributed by atoms with van der Waals surface area (Å²) in [6, 6.07) is 7.09. The number of carbonyl (C=O) groups is 1. The normalized spacial score (nSPS) is 12.9. The first-order valence-corrected chi connectivity index (χ1v) is 6.02. The number of hydrogen-bond donors (Lipinski definition) is 2. The monoisotopic (exact) mass is 250 g/mol. The second-order valence-corrected chi connectivity index (χ2v) is 5.56. The first-order chi connectivity index (χ1) is 8.33. The van der Waals surface area contributed by atoms with E-state index in [1.165, 1.54) is 0 Å². The molecular formula is C14H22N2O2. The van der Waals surface area contributed by atoms with E-state index in [1.54, 1.807) is 7.11 Å². The maximum atomic E-state index is 11.5. The van der Waals surface area contributed by atoms with Gasteiger partial charge in [0.2, 0.25) is 5.91 Å². The highest BCUT2D eigenvalue weighted by Gasteiger charge is 2.23. The lowest BCUT2D eigenvalue weighted by Gasteiger charge is -2.26. The molecule has 0 bridgehead atoms. The SMILES string of the molecule is COc1ccccc1NC(CC(C)(C)C)C(N)=O. The molecular weight excluding hydrogens is 228 g/mol. The molecule has 1 atom stereocenters. The number of anilines is 1. The predicted molar refractivity (Wildman–Crippen MR) is 73.7 cm³/mol. The highest BCUT2D eigenvalue weighted by Crippen LogP contribution is 2.27. The number of para-hydroxylation sites is 2. The van der Waals surface area contributed by atoms with Crippen molar-refractivity contribution in [2.24, 2.45) is 11.1 Å². The van der Waals surface area contributed by atoms with E-state index in [1.807, 2.05) is 24.3 Å². The number of hydrogen-bond acceptors (Lipinski definition) is 3. The third kappa shape index (κ3) is 4.28. The van der Waals surface area contributed by atoms with Crippen LogP contribution in [0.2, 0.25) is 0 Å². The molecule has 0 aliphatic heterocycles. The number of ether oxygens (including phenoxy) is 1. The molecule has 0 radical (unpaired) electrons. The zero-order valence-electron chi connectivity index (χ0n) is 11.5. The lowest BCUT2D eigenvalue weighted by Crippen LogP contribution is -2.38. The van der Waals surface area contributed by atoms with Gasteiger partial charge in [-0.25, -0.2) is 0 Å². The zero-order valence-corrected chi connectivity index (χ0v) is 11.5. The Balaban J connectivity index is 2.87. The number of carbonyl (C=O) groups excluding carboxylic acids is 1. The molecule has 0 aromatic heterocycles. The Kier molecular flexibility index (Phi) is 4.59. The predicted octanol–water partition coefficient (Wildman–Crippen LogP) is 2.40. The van der Waals surface area contributed by atoms with Gasteiger partial charge in [-0.1, -0.05) is 32.9 Å². The van der Waals surface area contributed by atoms with Crippen LogP contribution in [-0.4, -0.2) is 19.1 Å². The fraction of sp³-hybridized carbons (Fsp3) is 0.500. The molecule has 0 heterocycles. The molecule has 0 saturated heterocycles. The Hall–Kier alpha value is -1.71. The average Bonchev–Trinajstić information content (AvgIpc) is 2.27. The lowest BCUT2D eigenvalue weighted by atomic mass is 9.87. The third-order valence-electron chi connectivity index (χ3n) is 2.60. The summed E-state index contributed by atoms with van der Waals surface area (Å²) in [6.07, 6.45) is 0.667. The summed E-state index contributed by atoms with van der Waals surface area (Å²) in [4.78, 5) is 11.5. The van der Waals surface area contributed by atoms with Crippen LogP contribution in [0, 0.1) is 5.41 Å². The maximum Gasteiger partial charge on any atom is 0.239 e. The molecule has 0 aliphatic carbocycles. The molecule has 0 saturated carbocycles. The van der Waals surface area contributed by atoms with Gasteiger partial charge in [0.25, 0.3) is 0 Å². The summed E-state index contributed by atoms with van der Waals surface area (Å²) >= 11 is 0. The minimum absolute atomic E-state index is 0.0225. The van der Waals surface area contributed by atoms with Gasteiger partial charge in [-0.3, -0.25) is 4.79 Å².